The van der Waals surface area contributed by atoms with Crippen LogP contribution in [0.25, 0.3) is 0 Å². The minimum Gasteiger partial charge on any atom is -0.396 e. The van der Waals surface area contributed by atoms with E-state index in [1.54, 1.807) is 6.20 Å². The number of nitrogens with one attached hydrogen (secondary N) is 1. The van der Waals surface area contributed by atoms with Crippen molar-refractivity contribution >= 4 is 5.95 Å². The van der Waals surface area contributed by atoms with Crippen LogP contribution in [-0.4, -0.2) is 57.5 Å². The number of aryl methyl sites for hydroxylation is 1. The Labute approximate surface area is 107 Å². The Morgan fingerprint density at radius 1 is 1.56 bits per heavy atom. The Balaban J connectivity index is 1.85. The molecule has 1 aliphatic rings. The van der Waals surface area contributed by atoms with E-state index in [1.165, 1.54) is 6.42 Å². The number of likely N-dealkylation sites (tertiary alicyclic amines) is 1. The standard InChI is InChI=1S/C12H21N5O/c1-10-8-13-16-12(14-10)15-11-4-2-5-17(9-11)6-3-7-18/h8,11,18H,2-7,9H2,1H3,(H,14,15,16)/t11-/m1/s1. The molecule has 1 aliphatic heterocycles. The van der Waals surface area contributed by atoms with Crippen LogP contribution in [0, 0.1) is 6.92 Å². The van der Waals surface area contributed by atoms with E-state index in [0.717, 1.165) is 38.2 Å². The summed E-state index contributed by atoms with van der Waals surface area (Å²) in [5.74, 6) is 0.615. The predicted molar refractivity (Wildman–Crippen MR) is 69.4 cm³/mol. The third-order valence-electron chi connectivity index (χ3n) is 3.15. The summed E-state index contributed by atoms with van der Waals surface area (Å²) in [6.45, 7) is 5.23. The number of aromatic nitrogens is 3. The topological polar surface area (TPSA) is 74.2 Å². The van der Waals surface area contributed by atoms with Crippen molar-refractivity contribution in [3.63, 3.8) is 0 Å². The van der Waals surface area contributed by atoms with Gasteiger partial charge < -0.3 is 15.3 Å². The van der Waals surface area contributed by atoms with Crippen LogP contribution in [0.4, 0.5) is 5.95 Å². The molecule has 0 spiro atoms. The second kappa shape index (κ2) is 6.61. The third-order valence-corrected chi connectivity index (χ3v) is 3.15. The number of hydrogen-bond donors (Lipinski definition) is 2. The number of piperidine rings is 1. The number of hydrogen-bond acceptors (Lipinski definition) is 6. The van der Waals surface area contributed by atoms with Crippen molar-refractivity contribution in [2.24, 2.45) is 0 Å². The Morgan fingerprint density at radius 2 is 2.44 bits per heavy atom. The van der Waals surface area contributed by atoms with Gasteiger partial charge in [-0.25, -0.2) is 4.98 Å². The average molecular weight is 251 g/mol. The van der Waals surface area contributed by atoms with Gasteiger partial charge in [-0.1, -0.05) is 0 Å². The van der Waals surface area contributed by atoms with Crippen LogP contribution < -0.4 is 5.32 Å². The third kappa shape index (κ3) is 3.89. The van der Waals surface area contributed by atoms with Crippen LogP contribution in [0.2, 0.25) is 0 Å². The summed E-state index contributed by atoms with van der Waals surface area (Å²) in [5.41, 5.74) is 0.875. The molecule has 18 heavy (non-hydrogen) atoms. The van der Waals surface area contributed by atoms with E-state index >= 15 is 0 Å². The van der Waals surface area contributed by atoms with E-state index in [1.807, 2.05) is 6.92 Å². The second-order valence-corrected chi connectivity index (χ2v) is 4.78. The number of rotatable bonds is 5. The second-order valence-electron chi connectivity index (χ2n) is 4.78. The molecule has 0 unspecified atom stereocenters. The van der Waals surface area contributed by atoms with Gasteiger partial charge in [-0.05, 0) is 32.7 Å². The molecule has 100 valence electrons. The van der Waals surface area contributed by atoms with Gasteiger partial charge in [0.05, 0.1) is 11.9 Å². The quantitative estimate of drug-likeness (QED) is 0.791. The fourth-order valence-electron chi connectivity index (χ4n) is 2.30. The highest BCUT2D eigenvalue weighted by atomic mass is 16.3. The van der Waals surface area contributed by atoms with Crippen LogP contribution in [-0.2, 0) is 0 Å². The molecule has 0 radical (unpaired) electrons. The van der Waals surface area contributed by atoms with Crippen molar-refractivity contribution in [3.05, 3.63) is 11.9 Å². The number of anilines is 1. The SMILES string of the molecule is Cc1cnnc(N[C@@H]2CCCN(CCCO)C2)n1. The predicted octanol–water partition coefficient (Wildman–Crippen LogP) is 0.439. The molecule has 6 nitrogen and oxygen atoms in total. The van der Waals surface area contributed by atoms with Gasteiger partial charge in [0, 0.05) is 25.7 Å². The van der Waals surface area contributed by atoms with Crippen LogP contribution in [0.3, 0.4) is 0 Å². The first-order valence-corrected chi connectivity index (χ1v) is 6.54. The van der Waals surface area contributed by atoms with E-state index in [2.05, 4.69) is 25.4 Å². The summed E-state index contributed by atoms with van der Waals surface area (Å²) < 4.78 is 0. The number of aliphatic hydroxyl groups excluding tert-OH is 1. The maximum atomic E-state index is 8.86. The molecular formula is C12H21N5O. The summed E-state index contributed by atoms with van der Waals surface area (Å²) in [6, 6.07) is 0.376. The highest BCUT2D eigenvalue weighted by Gasteiger charge is 2.19. The molecule has 6 heteroatoms. The van der Waals surface area contributed by atoms with E-state index in [9.17, 15) is 0 Å². The lowest BCUT2D eigenvalue weighted by Crippen LogP contribution is -2.42. The average Bonchev–Trinajstić information content (AvgIpc) is 2.37. The first kappa shape index (κ1) is 13.2. The summed E-state index contributed by atoms with van der Waals surface area (Å²) >= 11 is 0. The van der Waals surface area contributed by atoms with E-state index in [4.69, 9.17) is 5.11 Å². The molecule has 0 aromatic carbocycles. The Kier molecular flexibility index (Phi) is 4.83. The molecule has 0 bridgehead atoms. The van der Waals surface area contributed by atoms with Crippen molar-refractivity contribution in [2.45, 2.75) is 32.2 Å². The Hall–Kier alpha value is -1.27. The summed E-state index contributed by atoms with van der Waals surface area (Å²) in [4.78, 5) is 6.69. The van der Waals surface area contributed by atoms with E-state index < -0.39 is 0 Å². The number of aliphatic hydroxyl groups is 1. The largest absolute Gasteiger partial charge is 0.396 e. The smallest absolute Gasteiger partial charge is 0.243 e. The summed E-state index contributed by atoms with van der Waals surface area (Å²) in [7, 11) is 0. The van der Waals surface area contributed by atoms with Crippen molar-refractivity contribution in [1.82, 2.24) is 20.1 Å². The molecule has 2 heterocycles. The van der Waals surface area contributed by atoms with Crippen LogP contribution in [0.5, 0.6) is 0 Å². The molecule has 1 saturated heterocycles. The highest BCUT2D eigenvalue weighted by molar-refractivity contribution is 5.24. The zero-order valence-electron chi connectivity index (χ0n) is 10.8. The summed E-state index contributed by atoms with van der Waals surface area (Å²) in [5, 5.41) is 20.1. The van der Waals surface area contributed by atoms with Crippen LogP contribution >= 0.6 is 0 Å². The van der Waals surface area contributed by atoms with Crippen molar-refractivity contribution in [2.75, 3.05) is 31.6 Å². The van der Waals surface area contributed by atoms with E-state index in [0.29, 0.717) is 12.0 Å². The molecule has 1 atom stereocenters. The molecule has 0 aliphatic carbocycles. The molecule has 0 saturated carbocycles. The Morgan fingerprint density at radius 3 is 3.22 bits per heavy atom. The normalized spacial score (nSPS) is 20.9. The fraction of sp³-hybridized carbons (Fsp3) is 0.750. The minimum atomic E-state index is 0.263. The first-order valence-electron chi connectivity index (χ1n) is 6.54. The molecular weight excluding hydrogens is 230 g/mol. The molecule has 1 aromatic rings. The lowest BCUT2D eigenvalue weighted by molar-refractivity contribution is 0.190. The molecule has 1 fully saturated rings. The van der Waals surface area contributed by atoms with Crippen LogP contribution in [0.1, 0.15) is 25.0 Å². The molecule has 2 N–H and O–H groups in total. The van der Waals surface area contributed by atoms with Crippen molar-refractivity contribution in [1.29, 1.82) is 0 Å². The van der Waals surface area contributed by atoms with Gasteiger partial charge in [0.2, 0.25) is 5.95 Å². The maximum absolute atomic E-state index is 8.86. The molecule has 1 aromatic heterocycles. The Bertz CT molecular complexity index is 373. The van der Waals surface area contributed by atoms with Crippen molar-refractivity contribution in [3.8, 4) is 0 Å². The maximum Gasteiger partial charge on any atom is 0.243 e. The van der Waals surface area contributed by atoms with Gasteiger partial charge in [-0.2, -0.15) is 5.10 Å². The van der Waals surface area contributed by atoms with Crippen LogP contribution in [0.15, 0.2) is 6.20 Å². The van der Waals surface area contributed by atoms with Gasteiger partial charge in [0.25, 0.3) is 0 Å². The van der Waals surface area contributed by atoms with Gasteiger partial charge in [-0.15, -0.1) is 5.10 Å². The molecule has 2 rings (SSSR count). The van der Waals surface area contributed by atoms with Gasteiger partial charge >= 0.3 is 0 Å². The molecule has 0 amide bonds. The zero-order chi connectivity index (χ0) is 12.8. The first-order chi connectivity index (χ1) is 8.78. The zero-order valence-corrected chi connectivity index (χ0v) is 10.8. The minimum absolute atomic E-state index is 0.263. The van der Waals surface area contributed by atoms with Crippen molar-refractivity contribution < 1.29 is 5.11 Å². The van der Waals surface area contributed by atoms with Gasteiger partial charge in [0.1, 0.15) is 0 Å². The fourth-order valence-corrected chi connectivity index (χ4v) is 2.30. The lowest BCUT2D eigenvalue weighted by Gasteiger charge is -2.32. The van der Waals surface area contributed by atoms with Gasteiger partial charge in [0.15, 0.2) is 0 Å². The van der Waals surface area contributed by atoms with E-state index in [-0.39, 0.29) is 6.61 Å². The number of nitrogens with zero attached hydrogens (tertiary/aromatic N) is 4. The van der Waals surface area contributed by atoms with Gasteiger partial charge in [-0.3, -0.25) is 0 Å². The highest BCUT2D eigenvalue weighted by Crippen LogP contribution is 2.13. The summed E-state index contributed by atoms with van der Waals surface area (Å²) in [6.07, 6.45) is 4.80. The lowest BCUT2D eigenvalue weighted by atomic mass is 10.1. The monoisotopic (exact) mass is 251 g/mol.